The molecule has 0 aromatic heterocycles. The fraction of sp³-hybridized carbons (Fsp3) is 0.278. The van der Waals surface area contributed by atoms with Crippen molar-refractivity contribution in [3.8, 4) is 11.1 Å². The van der Waals surface area contributed by atoms with E-state index in [9.17, 15) is 4.79 Å². The highest BCUT2D eigenvalue weighted by atomic mass is 16.4. The molecule has 1 N–H and O–H groups in total. The Balaban J connectivity index is 1.98. The normalized spacial score (nSPS) is 14.8. The van der Waals surface area contributed by atoms with E-state index in [0.717, 1.165) is 11.1 Å². The zero-order chi connectivity index (χ0) is 14.1. The van der Waals surface area contributed by atoms with Crippen molar-refractivity contribution in [2.45, 2.75) is 32.1 Å². The van der Waals surface area contributed by atoms with Crippen molar-refractivity contribution in [1.29, 1.82) is 0 Å². The summed E-state index contributed by atoms with van der Waals surface area (Å²) in [6.07, 6.45) is 3.92. The number of aryl methyl sites for hydroxylation is 1. The first-order valence-electron chi connectivity index (χ1n) is 7.09. The van der Waals surface area contributed by atoms with Gasteiger partial charge in [-0.3, -0.25) is 0 Å². The summed E-state index contributed by atoms with van der Waals surface area (Å²) in [5, 5.41) is 9.03. The molecule has 2 aromatic carbocycles. The zero-order valence-electron chi connectivity index (χ0n) is 11.6. The molecule has 102 valence electrons. The lowest BCUT2D eigenvalue weighted by atomic mass is 9.79. The zero-order valence-corrected chi connectivity index (χ0v) is 11.6. The minimum atomic E-state index is -0.872. The molecule has 0 aliphatic heterocycles. The lowest BCUT2D eigenvalue weighted by molar-refractivity contribution is 0.0697. The summed E-state index contributed by atoms with van der Waals surface area (Å²) >= 11 is 0. The van der Waals surface area contributed by atoms with Crippen LogP contribution >= 0.6 is 0 Å². The first-order chi connectivity index (χ1) is 9.65. The van der Waals surface area contributed by atoms with Gasteiger partial charge in [0.05, 0.1) is 5.56 Å². The number of hydrogen-bond acceptors (Lipinski definition) is 1. The van der Waals surface area contributed by atoms with Gasteiger partial charge in [-0.2, -0.15) is 0 Å². The Morgan fingerprint density at radius 1 is 1.15 bits per heavy atom. The summed E-state index contributed by atoms with van der Waals surface area (Å²) in [4.78, 5) is 11.0. The summed E-state index contributed by atoms with van der Waals surface area (Å²) in [6, 6.07) is 14.0. The van der Waals surface area contributed by atoms with Crippen LogP contribution < -0.4 is 0 Å². The highest BCUT2D eigenvalue weighted by Crippen LogP contribution is 2.38. The Hall–Kier alpha value is -2.09. The molecule has 3 rings (SSSR count). The number of carbonyl (C=O) groups is 1. The van der Waals surface area contributed by atoms with Crippen molar-refractivity contribution in [2.24, 2.45) is 0 Å². The molecule has 0 saturated heterocycles. The summed E-state index contributed by atoms with van der Waals surface area (Å²) in [5.41, 5.74) is 5.08. The maximum absolute atomic E-state index is 11.0. The molecule has 20 heavy (non-hydrogen) atoms. The van der Waals surface area contributed by atoms with Crippen LogP contribution in [0.4, 0.5) is 0 Å². The van der Waals surface area contributed by atoms with Crippen LogP contribution in [0.2, 0.25) is 0 Å². The molecule has 0 unspecified atom stereocenters. The average molecular weight is 266 g/mol. The lowest BCUT2D eigenvalue weighted by Gasteiger charge is -2.26. The number of rotatable bonds is 3. The molecule has 0 heterocycles. The number of carboxylic acids is 1. The van der Waals surface area contributed by atoms with E-state index >= 15 is 0 Å². The van der Waals surface area contributed by atoms with Crippen molar-refractivity contribution in [1.82, 2.24) is 0 Å². The van der Waals surface area contributed by atoms with E-state index in [1.165, 1.54) is 30.4 Å². The molecule has 0 spiro atoms. The largest absolute Gasteiger partial charge is 0.478 e. The van der Waals surface area contributed by atoms with Gasteiger partial charge in [0.2, 0.25) is 0 Å². The lowest BCUT2D eigenvalue weighted by Crippen LogP contribution is -2.08. The summed E-state index contributed by atoms with van der Waals surface area (Å²) < 4.78 is 0. The topological polar surface area (TPSA) is 37.3 Å². The monoisotopic (exact) mass is 266 g/mol. The summed E-state index contributed by atoms with van der Waals surface area (Å²) in [7, 11) is 0. The predicted octanol–water partition coefficient (Wildman–Crippen LogP) is 4.63. The number of carboxylic acid groups (broad SMARTS) is 1. The molecule has 2 heteroatoms. The van der Waals surface area contributed by atoms with Gasteiger partial charge in [0, 0.05) is 0 Å². The Kier molecular flexibility index (Phi) is 3.31. The third kappa shape index (κ3) is 2.34. The van der Waals surface area contributed by atoms with E-state index in [1.54, 1.807) is 12.1 Å². The second-order valence-electron chi connectivity index (χ2n) is 5.59. The van der Waals surface area contributed by atoms with Crippen LogP contribution in [0.1, 0.15) is 46.7 Å². The Morgan fingerprint density at radius 2 is 1.95 bits per heavy atom. The van der Waals surface area contributed by atoms with E-state index < -0.39 is 5.97 Å². The number of benzene rings is 2. The van der Waals surface area contributed by atoms with Crippen molar-refractivity contribution in [2.75, 3.05) is 0 Å². The second-order valence-corrected chi connectivity index (χ2v) is 5.59. The predicted molar refractivity (Wildman–Crippen MR) is 80.2 cm³/mol. The molecule has 0 atom stereocenters. The van der Waals surface area contributed by atoms with Gasteiger partial charge in [0.1, 0.15) is 0 Å². The van der Waals surface area contributed by atoms with Gasteiger partial charge in [-0.05, 0) is 60.1 Å². The molecule has 0 bridgehead atoms. The van der Waals surface area contributed by atoms with Gasteiger partial charge in [0.25, 0.3) is 0 Å². The smallest absolute Gasteiger partial charge is 0.335 e. The van der Waals surface area contributed by atoms with Crippen molar-refractivity contribution in [3.63, 3.8) is 0 Å². The SMILES string of the molecule is Cc1cc(C(=O)O)ccc1-c1cccc(C2CCC2)c1. The number of hydrogen-bond donors (Lipinski definition) is 1. The van der Waals surface area contributed by atoms with Gasteiger partial charge >= 0.3 is 5.97 Å². The minimum Gasteiger partial charge on any atom is -0.478 e. The number of aromatic carboxylic acids is 1. The fourth-order valence-electron chi connectivity index (χ4n) is 2.82. The Morgan fingerprint density at radius 3 is 2.55 bits per heavy atom. The van der Waals surface area contributed by atoms with E-state index in [1.807, 2.05) is 13.0 Å². The van der Waals surface area contributed by atoms with E-state index in [4.69, 9.17) is 5.11 Å². The summed E-state index contributed by atoms with van der Waals surface area (Å²) in [5.74, 6) is -0.156. The third-order valence-electron chi connectivity index (χ3n) is 4.25. The maximum Gasteiger partial charge on any atom is 0.335 e. The molecule has 1 aliphatic rings. The van der Waals surface area contributed by atoms with Crippen molar-refractivity contribution in [3.05, 3.63) is 59.2 Å². The Bertz CT molecular complexity index is 654. The highest BCUT2D eigenvalue weighted by Gasteiger charge is 2.19. The third-order valence-corrected chi connectivity index (χ3v) is 4.25. The van der Waals surface area contributed by atoms with Crippen LogP contribution in [0, 0.1) is 6.92 Å². The standard InChI is InChI=1S/C18H18O2/c1-12-10-16(18(19)20)8-9-17(12)15-7-3-6-14(11-15)13-4-2-5-13/h3,6-11,13H,2,4-5H2,1H3,(H,19,20). The maximum atomic E-state index is 11.0. The van der Waals surface area contributed by atoms with Crippen LogP contribution in [-0.4, -0.2) is 11.1 Å². The van der Waals surface area contributed by atoms with E-state index in [-0.39, 0.29) is 0 Å². The molecule has 2 aromatic rings. The quantitative estimate of drug-likeness (QED) is 0.879. The van der Waals surface area contributed by atoms with Gasteiger partial charge < -0.3 is 5.11 Å². The minimum absolute atomic E-state index is 0.349. The Labute approximate surface area is 119 Å². The van der Waals surface area contributed by atoms with Crippen LogP contribution in [-0.2, 0) is 0 Å². The fourth-order valence-corrected chi connectivity index (χ4v) is 2.82. The van der Waals surface area contributed by atoms with Gasteiger partial charge in [-0.15, -0.1) is 0 Å². The van der Waals surface area contributed by atoms with E-state index in [2.05, 4.69) is 24.3 Å². The molecular weight excluding hydrogens is 248 g/mol. The van der Waals surface area contributed by atoms with Crippen molar-refractivity contribution < 1.29 is 9.90 Å². The second kappa shape index (κ2) is 5.12. The molecule has 1 fully saturated rings. The highest BCUT2D eigenvalue weighted by molar-refractivity contribution is 5.89. The molecular formula is C18H18O2. The molecule has 0 radical (unpaired) electrons. The van der Waals surface area contributed by atoms with E-state index in [0.29, 0.717) is 11.5 Å². The van der Waals surface area contributed by atoms with Gasteiger partial charge in [-0.1, -0.05) is 36.8 Å². The van der Waals surface area contributed by atoms with Gasteiger partial charge in [-0.25, -0.2) is 4.79 Å². The first kappa shape index (κ1) is 12.9. The van der Waals surface area contributed by atoms with Crippen LogP contribution in [0.3, 0.4) is 0 Å². The molecule has 0 amide bonds. The average Bonchev–Trinajstić information content (AvgIpc) is 2.36. The molecule has 1 aliphatic carbocycles. The van der Waals surface area contributed by atoms with Crippen LogP contribution in [0.5, 0.6) is 0 Å². The molecule has 1 saturated carbocycles. The summed E-state index contributed by atoms with van der Waals surface area (Å²) in [6.45, 7) is 1.97. The van der Waals surface area contributed by atoms with Crippen molar-refractivity contribution >= 4 is 5.97 Å². The van der Waals surface area contributed by atoms with Gasteiger partial charge in [0.15, 0.2) is 0 Å². The first-order valence-corrected chi connectivity index (χ1v) is 7.09. The van der Waals surface area contributed by atoms with Crippen LogP contribution in [0.25, 0.3) is 11.1 Å². The van der Waals surface area contributed by atoms with Crippen LogP contribution in [0.15, 0.2) is 42.5 Å². The molecule has 2 nitrogen and oxygen atoms in total.